The molecule has 0 fully saturated rings. The molecule has 0 amide bonds. The van der Waals surface area contributed by atoms with Crippen LogP contribution in [0.1, 0.15) is 69.1 Å². The van der Waals surface area contributed by atoms with Crippen LogP contribution in [0, 0.1) is 5.92 Å². The molecule has 1 N–H and O–H groups in total. The summed E-state index contributed by atoms with van der Waals surface area (Å²) in [5, 5.41) is 10.6. The van der Waals surface area contributed by atoms with Gasteiger partial charge >= 0.3 is 0 Å². The summed E-state index contributed by atoms with van der Waals surface area (Å²) in [6, 6.07) is 8.44. The maximum absolute atomic E-state index is 10.6. The van der Waals surface area contributed by atoms with Gasteiger partial charge in [0.05, 0.1) is 6.10 Å². The van der Waals surface area contributed by atoms with Gasteiger partial charge in [-0.2, -0.15) is 0 Å². The van der Waals surface area contributed by atoms with Crippen molar-refractivity contribution in [3.05, 3.63) is 35.4 Å². The van der Waals surface area contributed by atoms with Crippen LogP contribution in [-0.2, 0) is 6.42 Å². The van der Waals surface area contributed by atoms with Crippen LogP contribution in [0.25, 0.3) is 0 Å². The summed E-state index contributed by atoms with van der Waals surface area (Å²) in [5.41, 5.74) is 2.55. The minimum Gasteiger partial charge on any atom is -0.388 e. The minimum atomic E-state index is -0.231. The second kappa shape index (κ2) is 6.94. The highest BCUT2D eigenvalue weighted by Crippen LogP contribution is 2.35. The van der Waals surface area contributed by atoms with E-state index in [9.17, 15) is 5.11 Å². The second-order valence-corrected chi connectivity index (χ2v) is 5.65. The smallest absolute Gasteiger partial charge is 0.0820 e. The van der Waals surface area contributed by atoms with Crippen LogP contribution in [0.3, 0.4) is 0 Å². The van der Waals surface area contributed by atoms with Gasteiger partial charge in [0.15, 0.2) is 0 Å². The van der Waals surface area contributed by atoms with E-state index >= 15 is 0 Å². The molecule has 0 aliphatic heterocycles. The molecule has 1 aliphatic carbocycles. The van der Waals surface area contributed by atoms with E-state index in [0.717, 1.165) is 6.42 Å². The third-order valence-electron chi connectivity index (χ3n) is 4.27. The van der Waals surface area contributed by atoms with Gasteiger partial charge in [-0.25, -0.2) is 0 Å². The third-order valence-corrected chi connectivity index (χ3v) is 4.27. The van der Waals surface area contributed by atoms with E-state index < -0.39 is 0 Å². The average Bonchev–Trinajstić information content (AvgIpc) is 2.56. The number of aryl methyl sites for hydroxylation is 1. The Morgan fingerprint density at radius 3 is 2.83 bits per heavy atom. The van der Waals surface area contributed by atoms with Gasteiger partial charge in [0, 0.05) is 0 Å². The zero-order chi connectivity index (χ0) is 12.8. The minimum absolute atomic E-state index is 0.231. The lowest BCUT2D eigenvalue weighted by Crippen LogP contribution is -2.12. The van der Waals surface area contributed by atoms with E-state index in [0.29, 0.717) is 5.92 Å². The lowest BCUT2D eigenvalue weighted by atomic mass is 9.89. The first-order chi connectivity index (χ1) is 8.83. The Labute approximate surface area is 111 Å². The number of unbranched alkanes of at least 4 members (excludes halogenated alkanes) is 3. The van der Waals surface area contributed by atoms with Crippen molar-refractivity contribution >= 4 is 0 Å². The molecular weight excluding hydrogens is 220 g/mol. The van der Waals surface area contributed by atoms with Gasteiger partial charge in [0.25, 0.3) is 0 Å². The molecule has 0 heterocycles. The summed E-state index contributed by atoms with van der Waals surface area (Å²) in [6.07, 6.45) is 9.72. The van der Waals surface area contributed by atoms with Crippen molar-refractivity contribution in [3.8, 4) is 0 Å². The molecule has 0 spiro atoms. The molecule has 1 heteroatoms. The van der Waals surface area contributed by atoms with E-state index in [1.54, 1.807) is 0 Å². The second-order valence-electron chi connectivity index (χ2n) is 5.65. The van der Waals surface area contributed by atoms with E-state index in [4.69, 9.17) is 0 Å². The van der Waals surface area contributed by atoms with Crippen LogP contribution in [-0.4, -0.2) is 5.11 Å². The molecule has 0 saturated carbocycles. The number of hydrogen-bond donors (Lipinski definition) is 1. The van der Waals surface area contributed by atoms with Crippen molar-refractivity contribution in [2.75, 3.05) is 0 Å². The Bertz CT molecular complexity index is 358. The fourth-order valence-electron chi connectivity index (χ4n) is 3.15. The highest BCUT2D eigenvalue weighted by atomic mass is 16.3. The summed E-state index contributed by atoms with van der Waals surface area (Å²) in [4.78, 5) is 0. The number of hydrogen-bond acceptors (Lipinski definition) is 1. The molecule has 1 aromatic rings. The normalized spacial score (nSPS) is 23.4. The van der Waals surface area contributed by atoms with E-state index in [-0.39, 0.29) is 6.10 Å². The van der Waals surface area contributed by atoms with Gasteiger partial charge in [-0.3, -0.25) is 0 Å². The number of benzene rings is 1. The quantitative estimate of drug-likeness (QED) is 0.592. The maximum Gasteiger partial charge on any atom is 0.0820 e. The first-order valence-electron chi connectivity index (χ1n) is 7.58. The summed E-state index contributed by atoms with van der Waals surface area (Å²) >= 11 is 0. The molecular formula is C17H26O. The number of aliphatic hydroxyl groups is 1. The lowest BCUT2D eigenvalue weighted by molar-refractivity contribution is 0.0980. The Balaban J connectivity index is 1.97. The molecule has 0 saturated heterocycles. The summed E-state index contributed by atoms with van der Waals surface area (Å²) in [5.74, 6) is 0.477. The summed E-state index contributed by atoms with van der Waals surface area (Å²) < 4.78 is 0. The largest absolute Gasteiger partial charge is 0.388 e. The SMILES string of the molecule is CCCCCCC1CCCc2ccccc2C1O. The summed E-state index contributed by atoms with van der Waals surface area (Å²) in [7, 11) is 0. The Morgan fingerprint density at radius 2 is 2.00 bits per heavy atom. The van der Waals surface area contributed by atoms with Crippen LogP contribution in [0.4, 0.5) is 0 Å². The van der Waals surface area contributed by atoms with Gasteiger partial charge in [0.1, 0.15) is 0 Å². The Kier molecular flexibility index (Phi) is 5.25. The van der Waals surface area contributed by atoms with E-state index in [1.165, 1.54) is 56.1 Å². The topological polar surface area (TPSA) is 20.2 Å². The zero-order valence-corrected chi connectivity index (χ0v) is 11.6. The van der Waals surface area contributed by atoms with E-state index in [1.807, 2.05) is 0 Å². The lowest BCUT2D eigenvalue weighted by Gasteiger charge is -2.21. The highest BCUT2D eigenvalue weighted by Gasteiger charge is 2.25. The van der Waals surface area contributed by atoms with Gasteiger partial charge in [0.2, 0.25) is 0 Å². The van der Waals surface area contributed by atoms with Crippen molar-refractivity contribution < 1.29 is 5.11 Å². The van der Waals surface area contributed by atoms with Gasteiger partial charge < -0.3 is 5.11 Å². The van der Waals surface area contributed by atoms with Crippen molar-refractivity contribution in [3.63, 3.8) is 0 Å². The first-order valence-corrected chi connectivity index (χ1v) is 7.58. The molecule has 18 heavy (non-hydrogen) atoms. The molecule has 1 aliphatic rings. The monoisotopic (exact) mass is 246 g/mol. The van der Waals surface area contributed by atoms with Crippen molar-refractivity contribution in [2.45, 2.75) is 64.4 Å². The maximum atomic E-state index is 10.6. The molecule has 0 bridgehead atoms. The van der Waals surface area contributed by atoms with Gasteiger partial charge in [-0.05, 0) is 42.7 Å². The molecule has 1 nitrogen and oxygen atoms in total. The predicted molar refractivity (Wildman–Crippen MR) is 76.6 cm³/mol. The number of fused-ring (bicyclic) bond motifs is 1. The molecule has 2 rings (SSSR count). The fourth-order valence-corrected chi connectivity index (χ4v) is 3.15. The number of aliphatic hydroxyl groups excluding tert-OH is 1. The zero-order valence-electron chi connectivity index (χ0n) is 11.6. The average molecular weight is 246 g/mol. The van der Waals surface area contributed by atoms with Crippen LogP contribution >= 0.6 is 0 Å². The Hall–Kier alpha value is -0.820. The van der Waals surface area contributed by atoms with Crippen molar-refractivity contribution in [2.24, 2.45) is 5.92 Å². The predicted octanol–water partition coefficient (Wildman–Crippen LogP) is 4.64. The van der Waals surface area contributed by atoms with Crippen LogP contribution in [0.5, 0.6) is 0 Å². The van der Waals surface area contributed by atoms with Crippen LogP contribution < -0.4 is 0 Å². The van der Waals surface area contributed by atoms with Gasteiger partial charge in [-0.1, -0.05) is 56.9 Å². The number of rotatable bonds is 5. The first kappa shape index (κ1) is 13.6. The van der Waals surface area contributed by atoms with Crippen molar-refractivity contribution in [1.29, 1.82) is 0 Å². The standard InChI is InChI=1S/C17H26O/c1-2-3-4-5-10-15-12-8-11-14-9-6-7-13-16(14)17(15)18/h6-7,9,13,15,17-18H,2-5,8,10-12H2,1H3. The molecule has 0 radical (unpaired) electrons. The Morgan fingerprint density at radius 1 is 1.17 bits per heavy atom. The van der Waals surface area contributed by atoms with Crippen LogP contribution in [0.2, 0.25) is 0 Å². The molecule has 100 valence electrons. The van der Waals surface area contributed by atoms with Gasteiger partial charge in [-0.15, -0.1) is 0 Å². The van der Waals surface area contributed by atoms with Crippen LogP contribution in [0.15, 0.2) is 24.3 Å². The molecule has 2 unspecified atom stereocenters. The highest BCUT2D eigenvalue weighted by molar-refractivity contribution is 5.30. The molecule has 0 aromatic heterocycles. The fraction of sp³-hybridized carbons (Fsp3) is 0.647. The molecule has 2 atom stereocenters. The summed E-state index contributed by atoms with van der Waals surface area (Å²) in [6.45, 7) is 2.25. The third kappa shape index (κ3) is 3.35. The van der Waals surface area contributed by atoms with Crippen molar-refractivity contribution in [1.82, 2.24) is 0 Å². The van der Waals surface area contributed by atoms with E-state index in [2.05, 4.69) is 31.2 Å². The molecule has 1 aromatic carbocycles.